The molecule has 1 saturated heterocycles. The number of nitrogens with one attached hydrogen (secondary N) is 1. The third-order valence-electron chi connectivity index (χ3n) is 7.34. The fourth-order valence-electron chi connectivity index (χ4n) is 5.34. The van der Waals surface area contributed by atoms with Gasteiger partial charge in [0, 0.05) is 36.0 Å². The van der Waals surface area contributed by atoms with E-state index in [0.29, 0.717) is 33.4 Å². The minimum absolute atomic E-state index is 0.0161. The number of piperidine rings is 1. The molecule has 4 aromatic rings. The number of benzene rings is 1. The van der Waals surface area contributed by atoms with Gasteiger partial charge in [-0.3, -0.25) is 10.1 Å². The fraction of sp³-hybridized carbons (Fsp3) is 0.308. The smallest absolute Gasteiger partial charge is 0.177 e. The predicted octanol–water partition coefficient (Wildman–Crippen LogP) is 3.28. The van der Waals surface area contributed by atoms with Crippen LogP contribution in [0.25, 0.3) is 11.2 Å². The minimum atomic E-state index is -0.511. The molecular formula is C26H23ClFN7O. The van der Waals surface area contributed by atoms with E-state index in [4.69, 9.17) is 22.3 Å². The summed E-state index contributed by atoms with van der Waals surface area (Å²) in [4.78, 5) is 16.0. The number of hydrogen-bond donors (Lipinski definition) is 3. The van der Waals surface area contributed by atoms with E-state index < -0.39 is 5.82 Å². The molecule has 0 unspecified atom stereocenters. The molecule has 10 heteroatoms. The van der Waals surface area contributed by atoms with Crippen molar-refractivity contribution in [1.29, 1.82) is 0 Å². The highest BCUT2D eigenvalue weighted by Gasteiger charge is 2.46. The number of halogens is 2. The van der Waals surface area contributed by atoms with Crippen molar-refractivity contribution in [3.05, 3.63) is 75.6 Å². The number of nitrogens with two attached hydrogens (primary N) is 1. The standard InChI is InChI=1S/C26H23ClFN7O/c27-16-5-3-15(18(28)12-16)4-6-19-22-24(34-33-19)32-25(21(14-36)31-22)35-10-7-26(8-11-35)13-20-17(23(26)29)2-1-9-30-20/h1-3,5,9,12,23,36H,7-8,10-11,13-14,29H2,(H,32,33,34)/t23-/m1/s1. The van der Waals surface area contributed by atoms with Crippen molar-refractivity contribution < 1.29 is 9.50 Å². The first-order valence-electron chi connectivity index (χ1n) is 11.7. The first-order valence-corrected chi connectivity index (χ1v) is 12.1. The molecule has 8 nitrogen and oxygen atoms in total. The van der Waals surface area contributed by atoms with Crippen molar-refractivity contribution in [2.24, 2.45) is 11.1 Å². The molecule has 182 valence electrons. The Labute approximate surface area is 211 Å². The van der Waals surface area contributed by atoms with Crippen molar-refractivity contribution in [2.45, 2.75) is 31.9 Å². The van der Waals surface area contributed by atoms with Gasteiger partial charge in [-0.1, -0.05) is 23.6 Å². The Morgan fingerprint density at radius 3 is 2.81 bits per heavy atom. The molecule has 0 amide bonds. The Kier molecular flexibility index (Phi) is 5.60. The van der Waals surface area contributed by atoms with Crippen LogP contribution in [0.15, 0.2) is 36.5 Å². The normalized spacial score (nSPS) is 18.3. The first kappa shape index (κ1) is 22.9. The van der Waals surface area contributed by atoms with E-state index in [1.807, 2.05) is 12.3 Å². The van der Waals surface area contributed by atoms with Gasteiger partial charge < -0.3 is 15.7 Å². The number of hydrogen-bond acceptors (Lipinski definition) is 7. The lowest BCUT2D eigenvalue weighted by molar-refractivity contribution is 0.186. The highest BCUT2D eigenvalue weighted by atomic mass is 35.5. The van der Waals surface area contributed by atoms with E-state index in [1.54, 1.807) is 6.07 Å². The van der Waals surface area contributed by atoms with E-state index >= 15 is 0 Å². The molecule has 1 aliphatic heterocycles. The monoisotopic (exact) mass is 503 g/mol. The second-order valence-electron chi connectivity index (χ2n) is 9.34. The average molecular weight is 504 g/mol. The third-order valence-corrected chi connectivity index (χ3v) is 7.57. The number of rotatable bonds is 2. The second kappa shape index (κ2) is 8.82. The SMILES string of the molecule is N[C@@H]1c2cccnc2CC12CCN(c1nc3[nH]nc(C#Cc4ccc(Cl)cc4F)c3nc1CO)CC2. The Morgan fingerprint density at radius 1 is 1.22 bits per heavy atom. The van der Waals surface area contributed by atoms with Gasteiger partial charge in [-0.05, 0) is 60.4 Å². The van der Waals surface area contributed by atoms with E-state index in [0.717, 1.165) is 43.6 Å². The number of anilines is 1. The maximum absolute atomic E-state index is 14.1. The van der Waals surface area contributed by atoms with Crippen LogP contribution in [0.1, 0.15) is 47.1 Å². The van der Waals surface area contributed by atoms with Crippen LogP contribution in [-0.4, -0.2) is 43.3 Å². The largest absolute Gasteiger partial charge is 0.390 e. The van der Waals surface area contributed by atoms with Gasteiger partial charge >= 0.3 is 0 Å². The number of aliphatic hydroxyl groups excluding tert-OH is 1. The number of H-pyrrole nitrogens is 1. The molecule has 4 N–H and O–H groups in total. The number of pyridine rings is 1. The Hall–Kier alpha value is -3.58. The van der Waals surface area contributed by atoms with Crippen molar-refractivity contribution >= 4 is 28.6 Å². The maximum Gasteiger partial charge on any atom is 0.177 e. The van der Waals surface area contributed by atoms with Crippen LogP contribution in [0.3, 0.4) is 0 Å². The molecule has 6 rings (SSSR count). The van der Waals surface area contributed by atoms with Gasteiger partial charge in [-0.25, -0.2) is 14.4 Å². The van der Waals surface area contributed by atoms with Crippen molar-refractivity contribution in [3.8, 4) is 11.8 Å². The molecule has 0 bridgehead atoms. The first-order chi connectivity index (χ1) is 17.5. The molecule has 0 radical (unpaired) electrons. The van der Waals surface area contributed by atoms with Gasteiger partial charge in [0.15, 0.2) is 17.2 Å². The molecular weight excluding hydrogens is 481 g/mol. The van der Waals surface area contributed by atoms with Gasteiger partial charge in [0.1, 0.15) is 17.0 Å². The summed E-state index contributed by atoms with van der Waals surface area (Å²) in [5.41, 5.74) is 10.8. The molecule has 1 spiro atoms. The van der Waals surface area contributed by atoms with Crippen LogP contribution in [0.4, 0.5) is 10.2 Å². The van der Waals surface area contributed by atoms with Crippen LogP contribution in [-0.2, 0) is 13.0 Å². The molecule has 36 heavy (non-hydrogen) atoms. The molecule has 0 saturated carbocycles. The number of aromatic nitrogens is 5. The summed E-state index contributed by atoms with van der Waals surface area (Å²) in [6, 6.07) is 8.28. The summed E-state index contributed by atoms with van der Waals surface area (Å²) in [6.07, 6.45) is 4.49. The minimum Gasteiger partial charge on any atom is -0.390 e. The lowest BCUT2D eigenvalue weighted by atomic mass is 9.73. The fourth-order valence-corrected chi connectivity index (χ4v) is 5.50. The number of fused-ring (bicyclic) bond motifs is 2. The van der Waals surface area contributed by atoms with Crippen LogP contribution in [0.2, 0.25) is 5.02 Å². The third kappa shape index (κ3) is 3.78. The van der Waals surface area contributed by atoms with Crippen LogP contribution < -0.4 is 10.6 Å². The average Bonchev–Trinajstić information content (AvgIpc) is 3.41. The molecule has 2 aliphatic rings. The van der Waals surface area contributed by atoms with E-state index in [1.165, 1.54) is 12.1 Å². The maximum atomic E-state index is 14.1. The lowest BCUT2D eigenvalue weighted by Gasteiger charge is -2.42. The summed E-state index contributed by atoms with van der Waals surface area (Å²) < 4.78 is 14.1. The van der Waals surface area contributed by atoms with Gasteiger partial charge in [0.05, 0.1) is 12.2 Å². The van der Waals surface area contributed by atoms with E-state index in [-0.39, 0.29) is 23.6 Å². The molecule has 1 aromatic carbocycles. The van der Waals surface area contributed by atoms with Crippen LogP contribution in [0.5, 0.6) is 0 Å². The molecule has 4 heterocycles. The van der Waals surface area contributed by atoms with Gasteiger partial charge in [-0.15, -0.1) is 0 Å². The summed E-state index contributed by atoms with van der Waals surface area (Å²) in [5, 5.41) is 17.5. The zero-order valence-corrected chi connectivity index (χ0v) is 20.1. The summed E-state index contributed by atoms with van der Waals surface area (Å²) in [6.45, 7) is 1.20. The Morgan fingerprint density at radius 2 is 2.06 bits per heavy atom. The predicted molar refractivity (Wildman–Crippen MR) is 134 cm³/mol. The van der Waals surface area contributed by atoms with Gasteiger partial charge in [-0.2, -0.15) is 5.10 Å². The zero-order valence-electron chi connectivity index (χ0n) is 19.3. The second-order valence-corrected chi connectivity index (χ2v) is 9.78. The Balaban J connectivity index is 1.26. The van der Waals surface area contributed by atoms with Crippen molar-refractivity contribution in [1.82, 2.24) is 25.1 Å². The van der Waals surface area contributed by atoms with Crippen LogP contribution >= 0.6 is 11.6 Å². The Bertz CT molecular complexity index is 1530. The zero-order chi connectivity index (χ0) is 24.9. The highest BCUT2D eigenvalue weighted by Crippen LogP contribution is 2.50. The summed E-state index contributed by atoms with van der Waals surface area (Å²) in [5.74, 6) is 5.72. The van der Waals surface area contributed by atoms with Crippen LogP contribution in [0, 0.1) is 23.1 Å². The van der Waals surface area contributed by atoms with Crippen molar-refractivity contribution in [2.75, 3.05) is 18.0 Å². The van der Waals surface area contributed by atoms with Gasteiger partial charge in [0.25, 0.3) is 0 Å². The summed E-state index contributed by atoms with van der Waals surface area (Å²) in [7, 11) is 0. The van der Waals surface area contributed by atoms with E-state index in [9.17, 15) is 9.50 Å². The molecule has 1 aliphatic carbocycles. The van der Waals surface area contributed by atoms with Gasteiger partial charge in [0.2, 0.25) is 0 Å². The lowest BCUT2D eigenvalue weighted by Crippen LogP contribution is -2.45. The topological polar surface area (TPSA) is 117 Å². The number of aliphatic hydroxyl groups is 1. The molecule has 3 aromatic heterocycles. The summed E-state index contributed by atoms with van der Waals surface area (Å²) >= 11 is 5.81. The molecule has 1 atom stereocenters. The van der Waals surface area contributed by atoms with Crippen molar-refractivity contribution in [3.63, 3.8) is 0 Å². The van der Waals surface area contributed by atoms with E-state index in [2.05, 4.69) is 43.0 Å². The number of nitrogens with zero attached hydrogens (tertiary/aromatic N) is 5. The quantitative estimate of drug-likeness (QED) is 0.359. The highest BCUT2D eigenvalue weighted by molar-refractivity contribution is 6.30. The molecule has 1 fully saturated rings. The number of aromatic amines is 1.